The minimum absolute atomic E-state index is 0.0180. The predicted octanol–water partition coefficient (Wildman–Crippen LogP) is 0.973. The summed E-state index contributed by atoms with van der Waals surface area (Å²) in [4.78, 5) is 25.7. The van der Waals surface area contributed by atoms with Crippen LogP contribution >= 0.6 is 0 Å². The molecule has 0 unspecified atom stereocenters. The van der Waals surface area contributed by atoms with Crippen molar-refractivity contribution in [3.8, 4) is 0 Å². The van der Waals surface area contributed by atoms with E-state index in [0.29, 0.717) is 24.4 Å². The third kappa shape index (κ3) is 2.21. The van der Waals surface area contributed by atoms with E-state index in [2.05, 4.69) is 0 Å². The predicted molar refractivity (Wildman–Crippen MR) is 69.6 cm³/mol. The molecule has 0 aromatic heterocycles. The molecule has 19 heavy (non-hydrogen) atoms. The Morgan fingerprint density at radius 3 is 2.95 bits per heavy atom. The van der Waals surface area contributed by atoms with Crippen LogP contribution in [-0.2, 0) is 16.0 Å². The van der Waals surface area contributed by atoms with Gasteiger partial charge in [0.2, 0.25) is 5.91 Å². The van der Waals surface area contributed by atoms with Gasteiger partial charge in [0.15, 0.2) is 0 Å². The molecule has 0 aliphatic carbocycles. The first kappa shape index (κ1) is 12.2. The zero-order chi connectivity index (χ0) is 13.4. The quantitative estimate of drug-likeness (QED) is 0.635. The lowest BCUT2D eigenvalue weighted by molar-refractivity contribution is -0.129. The highest BCUT2D eigenvalue weighted by atomic mass is 16.5. The molecular formula is C14H16N2O3. The molecule has 5 heteroatoms. The zero-order valence-electron chi connectivity index (χ0n) is 10.6. The van der Waals surface area contributed by atoms with Gasteiger partial charge in [-0.1, -0.05) is 6.07 Å². The molecule has 3 rings (SSSR count). The summed E-state index contributed by atoms with van der Waals surface area (Å²) in [6, 6.07) is 5.12. The number of nitrogen functional groups attached to an aromatic ring is 1. The summed E-state index contributed by atoms with van der Waals surface area (Å²) in [5.41, 5.74) is 7.54. The molecule has 0 saturated carbocycles. The van der Waals surface area contributed by atoms with Crippen LogP contribution < -0.4 is 5.73 Å². The Labute approximate surface area is 111 Å². The Balaban J connectivity index is 1.86. The van der Waals surface area contributed by atoms with Crippen molar-refractivity contribution in [2.24, 2.45) is 0 Å². The second-order valence-corrected chi connectivity index (χ2v) is 5.04. The van der Waals surface area contributed by atoms with Crippen LogP contribution in [0.15, 0.2) is 18.2 Å². The van der Waals surface area contributed by atoms with Crippen molar-refractivity contribution in [1.82, 2.24) is 4.90 Å². The first-order valence-corrected chi connectivity index (χ1v) is 6.50. The summed E-state index contributed by atoms with van der Waals surface area (Å²) in [6.07, 6.45) is 2.13. The van der Waals surface area contributed by atoms with Crippen molar-refractivity contribution in [3.05, 3.63) is 29.3 Å². The second-order valence-electron chi connectivity index (χ2n) is 5.04. The zero-order valence-corrected chi connectivity index (χ0v) is 10.6. The van der Waals surface area contributed by atoms with Gasteiger partial charge in [0, 0.05) is 17.9 Å². The monoisotopic (exact) mass is 260 g/mol. The minimum Gasteiger partial charge on any atom is -0.399 e. The number of benzene rings is 1. The number of nitrogens with two attached hydrogens (primary N) is 1. The van der Waals surface area contributed by atoms with Crippen LogP contribution in [-0.4, -0.2) is 36.0 Å². The Kier molecular flexibility index (Phi) is 2.98. The number of carbonyl (C=O) groups excluding carboxylic acids is 2. The number of hydrogen-bond donors (Lipinski definition) is 1. The average molecular weight is 260 g/mol. The lowest BCUT2D eigenvalue weighted by Crippen LogP contribution is -2.46. The van der Waals surface area contributed by atoms with Gasteiger partial charge in [-0.15, -0.1) is 0 Å². The highest BCUT2D eigenvalue weighted by Crippen LogP contribution is 2.24. The fourth-order valence-electron chi connectivity index (χ4n) is 2.64. The van der Waals surface area contributed by atoms with Gasteiger partial charge in [0.25, 0.3) is 5.91 Å². The summed E-state index contributed by atoms with van der Waals surface area (Å²) in [5.74, 6) is -0.410. The summed E-state index contributed by atoms with van der Waals surface area (Å²) >= 11 is 0. The van der Waals surface area contributed by atoms with Crippen LogP contribution in [0.1, 0.15) is 28.8 Å². The number of amides is 2. The van der Waals surface area contributed by atoms with Gasteiger partial charge in [-0.25, -0.2) is 0 Å². The van der Waals surface area contributed by atoms with E-state index in [1.54, 1.807) is 18.2 Å². The van der Waals surface area contributed by atoms with E-state index < -0.39 is 0 Å². The molecule has 1 aromatic carbocycles. The number of rotatable bonds is 2. The van der Waals surface area contributed by atoms with Gasteiger partial charge in [-0.3, -0.25) is 14.5 Å². The van der Waals surface area contributed by atoms with Crippen LogP contribution in [0.2, 0.25) is 0 Å². The van der Waals surface area contributed by atoms with Crippen LogP contribution in [0.3, 0.4) is 0 Å². The molecule has 0 spiro atoms. The fourth-order valence-corrected chi connectivity index (χ4v) is 2.64. The van der Waals surface area contributed by atoms with E-state index in [0.717, 1.165) is 18.4 Å². The molecule has 100 valence electrons. The lowest BCUT2D eigenvalue weighted by Gasteiger charge is -2.28. The molecule has 0 radical (unpaired) electrons. The van der Waals surface area contributed by atoms with Crippen molar-refractivity contribution in [2.75, 3.05) is 18.9 Å². The van der Waals surface area contributed by atoms with Crippen LogP contribution in [0.5, 0.6) is 0 Å². The van der Waals surface area contributed by atoms with Crippen LogP contribution in [0, 0.1) is 0 Å². The van der Waals surface area contributed by atoms with E-state index in [9.17, 15) is 9.59 Å². The Hall–Kier alpha value is -1.88. The van der Waals surface area contributed by atoms with E-state index in [-0.39, 0.29) is 24.3 Å². The highest BCUT2D eigenvalue weighted by Gasteiger charge is 2.33. The number of ether oxygens (including phenoxy) is 1. The molecule has 5 nitrogen and oxygen atoms in total. The van der Waals surface area contributed by atoms with Gasteiger partial charge in [0.05, 0.1) is 19.1 Å². The molecule has 1 saturated heterocycles. The number of imide groups is 1. The standard InChI is InChI=1S/C14H16N2O3/c15-10-4-3-9-6-13(17)16(14(18)12(9)7-10)8-11-2-1-5-19-11/h3-4,7,11H,1-2,5-6,8,15H2/t11-/m1/s1. The van der Waals surface area contributed by atoms with E-state index in [1.807, 2.05) is 0 Å². The van der Waals surface area contributed by atoms with E-state index >= 15 is 0 Å². The number of nitrogens with zero attached hydrogens (tertiary/aromatic N) is 1. The molecule has 1 fully saturated rings. The first-order chi connectivity index (χ1) is 9.15. The molecule has 2 aliphatic heterocycles. The fraction of sp³-hybridized carbons (Fsp3) is 0.429. The summed E-state index contributed by atoms with van der Waals surface area (Å²) < 4.78 is 5.49. The number of anilines is 1. The maximum absolute atomic E-state index is 12.4. The van der Waals surface area contributed by atoms with Gasteiger partial charge in [-0.05, 0) is 30.5 Å². The molecule has 2 aliphatic rings. The van der Waals surface area contributed by atoms with Crippen molar-refractivity contribution >= 4 is 17.5 Å². The Bertz CT molecular complexity index is 535. The van der Waals surface area contributed by atoms with Crippen molar-refractivity contribution in [3.63, 3.8) is 0 Å². The molecule has 1 atom stereocenters. The average Bonchev–Trinajstić information content (AvgIpc) is 2.89. The Morgan fingerprint density at radius 2 is 2.21 bits per heavy atom. The molecule has 1 aromatic rings. The maximum Gasteiger partial charge on any atom is 0.260 e. The maximum atomic E-state index is 12.4. The molecule has 2 N–H and O–H groups in total. The van der Waals surface area contributed by atoms with Gasteiger partial charge >= 0.3 is 0 Å². The van der Waals surface area contributed by atoms with Crippen LogP contribution in [0.25, 0.3) is 0 Å². The number of fused-ring (bicyclic) bond motifs is 1. The molecule has 2 heterocycles. The van der Waals surface area contributed by atoms with E-state index in [1.165, 1.54) is 4.90 Å². The second kappa shape index (κ2) is 4.66. The number of carbonyl (C=O) groups is 2. The van der Waals surface area contributed by atoms with Gasteiger partial charge in [0.1, 0.15) is 0 Å². The molecular weight excluding hydrogens is 244 g/mol. The summed E-state index contributed by atoms with van der Waals surface area (Å²) in [7, 11) is 0. The van der Waals surface area contributed by atoms with Crippen molar-refractivity contribution in [2.45, 2.75) is 25.4 Å². The lowest BCUT2D eigenvalue weighted by atomic mass is 9.97. The topological polar surface area (TPSA) is 72.6 Å². The highest BCUT2D eigenvalue weighted by molar-refractivity contribution is 6.10. The van der Waals surface area contributed by atoms with Gasteiger partial charge < -0.3 is 10.5 Å². The smallest absolute Gasteiger partial charge is 0.260 e. The van der Waals surface area contributed by atoms with E-state index in [4.69, 9.17) is 10.5 Å². The first-order valence-electron chi connectivity index (χ1n) is 6.50. The van der Waals surface area contributed by atoms with Crippen LogP contribution in [0.4, 0.5) is 5.69 Å². The van der Waals surface area contributed by atoms with Crippen molar-refractivity contribution < 1.29 is 14.3 Å². The number of hydrogen-bond acceptors (Lipinski definition) is 4. The molecule has 2 amide bonds. The summed E-state index contributed by atoms with van der Waals surface area (Å²) in [5, 5.41) is 0. The third-order valence-electron chi connectivity index (χ3n) is 3.66. The normalized spacial score (nSPS) is 22.7. The van der Waals surface area contributed by atoms with Gasteiger partial charge in [-0.2, -0.15) is 0 Å². The third-order valence-corrected chi connectivity index (χ3v) is 3.66. The Morgan fingerprint density at radius 1 is 1.37 bits per heavy atom. The molecule has 0 bridgehead atoms. The largest absolute Gasteiger partial charge is 0.399 e. The summed E-state index contributed by atoms with van der Waals surface area (Å²) in [6.45, 7) is 1.07. The minimum atomic E-state index is -0.256. The SMILES string of the molecule is Nc1ccc2c(c1)C(=O)N(C[C@H]1CCCO1)C(=O)C2. The van der Waals surface area contributed by atoms with Crippen molar-refractivity contribution in [1.29, 1.82) is 0 Å².